The van der Waals surface area contributed by atoms with E-state index >= 15 is 0 Å². The maximum Gasteiger partial charge on any atom is 0.119 e. The molecule has 1 atom stereocenters. The van der Waals surface area contributed by atoms with E-state index in [0.29, 0.717) is 6.61 Å². The number of hydrogen-bond donors (Lipinski definition) is 1. The number of ether oxygens (including phenoxy) is 1. The highest BCUT2D eigenvalue weighted by Crippen LogP contribution is 2.22. The van der Waals surface area contributed by atoms with Crippen LogP contribution in [0.2, 0.25) is 0 Å². The van der Waals surface area contributed by atoms with Gasteiger partial charge in [0, 0.05) is 6.04 Å². The molecular formula is C16H24N2O. The van der Waals surface area contributed by atoms with Crippen molar-refractivity contribution in [2.45, 2.75) is 46.1 Å². The molecule has 19 heavy (non-hydrogen) atoms. The van der Waals surface area contributed by atoms with Crippen molar-refractivity contribution in [2.24, 2.45) is 11.1 Å². The van der Waals surface area contributed by atoms with Crippen molar-refractivity contribution >= 4 is 0 Å². The second kappa shape index (κ2) is 7.16. The van der Waals surface area contributed by atoms with E-state index in [1.807, 2.05) is 45.0 Å². The normalized spacial score (nSPS) is 12.8. The number of unbranched alkanes of at least 4 members (excludes halogenated alkanes) is 1. The predicted octanol–water partition coefficient (Wildman–Crippen LogP) is 3.81. The average Bonchev–Trinajstić information content (AvgIpc) is 2.39. The Kier molecular flexibility index (Phi) is 5.85. The van der Waals surface area contributed by atoms with Crippen LogP contribution < -0.4 is 10.5 Å². The molecule has 3 nitrogen and oxygen atoms in total. The summed E-state index contributed by atoms with van der Waals surface area (Å²) in [6.07, 6.45) is 2.90. The predicted molar refractivity (Wildman–Crippen MR) is 77.8 cm³/mol. The minimum atomic E-state index is -0.223. The second-order valence-electron chi connectivity index (χ2n) is 5.66. The molecular weight excluding hydrogens is 236 g/mol. The Morgan fingerprint density at radius 1 is 1.26 bits per heavy atom. The van der Waals surface area contributed by atoms with Crippen molar-refractivity contribution in [3.05, 3.63) is 29.8 Å². The lowest BCUT2D eigenvalue weighted by Gasteiger charge is -2.14. The second-order valence-corrected chi connectivity index (χ2v) is 5.66. The molecule has 0 radical (unpaired) electrons. The van der Waals surface area contributed by atoms with Gasteiger partial charge in [-0.25, -0.2) is 0 Å². The van der Waals surface area contributed by atoms with Gasteiger partial charge in [-0.1, -0.05) is 12.1 Å². The first kappa shape index (κ1) is 15.5. The van der Waals surface area contributed by atoms with Gasteiger partial charge in [0.1, 0.15) is 5.75 Å². The summed E-state index contributed by atoms with van der Waals surface area (Å²) in [7, 11) is 0. The number of hydrogen-bond acceptors (Lipinski definition) is 3. The molecule has 3 heteroatoms. The lowest BCUT2D eigenvalue weighted by molar-refractivity contribution is 0.295. The molecule has 0 spiro atoms. The summed E-state index contributed by atoms with van der Waals surface area (Å²) in [6.45, 7) is 6.60. The van der Waals surface area contributed by atoms with Crippen LogP contribution in [-0.4, -0.2) is 6.61 Å². The van der Waals surface area contributed by atoms with E-state index in [1.165, 1.54) is 0 Å². The number of nitriles is 1. The Hall–Kier alpha value is -1.53. The maximum atomic E-state index is 8.91. The van der Waals surface area contributed by atoms with E-state index in [1.54, 1.807) is 0 Å². The molecule has 0 aliphatic rings. The van der Waals surface area contributed by atoms with Crippen molar-refractivity contribution in [3.63, 3.8) is 0 Å². The van der Waals surface area contributed by atoms with Crippen molar-refractivity contribution in [1.82, 2.24) is 0 Å². The Morgan fingerprint density at radius 3 is 2.42 bits per heavy atom. The highest BCUT2D eigenvalue weighted by Gasteiger charge is 2.15. The average molecular weight is 260 g/mol. The molecule has 1 rings (SSSR count). The van der Waals surface area contributed by atoms with Crippen LogP contribution in [0.25, 0.3) is 0 Å². The van der Waals surface area contributed by atoms with Gasteiger partial charge in [0.15, 0.2) is 0 Å². The number of nitrogens with two attached hydrogens (primary N) is 1. The van der Waals surface area contributed by atoms with Crippen molar-refractivity contribution in [2.75, 3.05) is 6.61 Å². The number of benzene rings is 1. The quantitative estimate of drug-likeness (QED) is 0.758. The number of rotatable bonds is 7. The molecule has 1 aromatic carbocycles. The van der Waals surface area contributed by atoms with Crippen LogP contribution in [0.5, 0.6) is 5.75 Å². The van der Waals surface area contributed by atoms with E-state index in [9.17, 15) is 0 Å². The zero-order chi connectivity index (χ0) is 14.3. The molecule has 0 aliphatic heterocycles. The van der Waals surface area contributed by atoms with Gasteiger partial charge in [-0.2, -0.15) is 5.26 Å². The minimum absolute atomic E-state index is 0.0577. The molecule has 0 fully saturated rings. The summed E-state index contributed by atoms with van der Waals surface area (Å²) in [6, 6.07) is 10.3. The fourth-order valence-electron chi connectivity index (χ4n) is 1.78. The Balaban J connectivity index is 2.25. The molecule has 0 amide bonds. The lowest BCUT2D eigenvalue weighted by Crippen LogP contribution is -2.08. The summed E-state index contributed by atoms with van der Waals surface area (Å²) < 4.78 is 5.67. The highest BCUT2D eigenvalue weighted by atomic mass is 16.5. The monoisotopic (exact) mass is 260 g/mol. The highest BCUT2D eigenvalue weighted by molar-refractivity contribution is 5.28. The standard InChI is InChI=1S/C16H24N2O/c1-13(18)14-6-8-15(9-7-14)19-11-5-4-10-16(2,3)12-17/h6-9,13H,4-5,10-11,18H2,1-3H3/t13-/m0/s1. The fourth-order valence-corrected chi connectivity index (χ4v) is 1.78. The molecule has 104 valence electrons. The Bertz CT molecular complexity index is 415. The maximum absolute atomic E-state index is 8.91. The van der Waals surface area contributed by atoms with Crippen LogP contribution in [0.1, 0.15) is 51.6 Å². The summed E-state index contributed by atoms with van der Waals surface area (Å²) in [5.41, 5.74) is 6.68. The van der Waals surface area contributed by atoms with Crippen LogP contribution in [0, 0.1) is 16.7 Å². The molecule has 0 unspecified atom stereocenters. The fraction of sp³-hybridized carbons (Fsp3) is 0.562. The third-order valence-corrected chi connectivity index (χ3v) is 3.17. The topological polar surface area (TPSA) is 59.0 Å². The third-order valence-electron chi connectivity index (χ3n) is 3.17. The molecule has 0 saturated carbocycles. The number of nitrogens with zero attached hydrogens (tertiary/aromatic N) is 1. The molecule has 0 aliphatic carbocycles. The molecule has 0 aromatic heterocycles. The van der Waals surface area contributed by atoms with Gasteiger partial charge in [-0.05, 0) is 57.7 Å². The SMILES string of the molecule is C[C@H](N)c1ccc(OCCCCC(C)(C)C#N)cc1. The van der Waals surface area contributed by atoms with Crippen LogP contribution in [0.15, 0.2) is 24.3 Å². The minimum Gasteiger partial charge on any atom is -0.494 e. The van der Waals surface area contributed by atoms with Gasteiger partial charge in [0.2, 0.25) is 0 Å². The first-order valence-corrected chi connectivity index (χ1v) is 6.84. The summed E-state index contributed by atoms with van der Waals surface area (Å²) in [5.74, 6) is 0.879. The summed E-state index contributed by atoms with van der Waals surface area (Å²) in [5, 5.41) is 8.91. The molecule has 0 saturated heterocycles. The Labute approximate surface area is 116 Å². The van der Waals surface area contributed by atoms with Crippen LogP contribution in [0.3, 0.4) is 0 Å². The van der Waals surface area contributed by atoms with Gasteiger partial charge >= 0.3 is 0 Å². The van der Waals surface area contributed by atoms with Crippen LogP contribution >= 0.6 is 0 Å². The van der Waals surface area contributed by atoms with E-state index in [0.717, 1.165) is 30.6 Å². The van der Waals surface area contributed by atoms with E-state index < -0.39 is 0 Å². The zero-order valence-corrected chi connectivity index (χ0v) is 12.1. The Morgan fingerprint density at radius 2 is 1.89 bits per heavy atom. The van der Waals surface area contributed by atoms with Crippen LogP contribution in [-0.2, 0) is 0 Å². The first-order chi connectivity index (χ1) is 8.94. The van der Waals surface area contributed by atoms with E-state index in [-0.39, 0.29) is 11.5 Å². The van der Waals surface area contributed by atoms with Gasteiger partial charge < -0.3 is 10.5 Å². The van der Waals surface area contributed by atoms with Gasteiger partial charge in [0.05, 0.1) is 18.1 Å². The first-order valence-electron chi connectivity index (χ1n) is 6.84. The smallest absolute Gasteiger partial charge is 0.119 e. The van der Waals surface area contributed by atoms with Gasteiger partial charge in [-0.3, -0.25) is 0 Å². The van der Waals surface area contributed by atoms with Crippen molar-refractivity contribution in [1.29, 1.82) is 5.26 Å². The largest absolute Gasteiger partial charge is 0.494 e. The van der Waals surface area contributed by atoms with Crippen LogP contribution in [0.4, 0.5) is 0 Å². The van der Waals surface area contributed by atoms with Gasteiger partial charge in [-0.15, -0.1) is 0 Å². The molecule has 2 N–H and O–H groups in total. The summed E-state index contributed by atoms with van der Waals surface area (Å²) >= 11 is 0. The van der Waals surface area contributed by atoms with Gasteiger partial charge in [0.25, 0.3) is 0 Å². The van der Waals surface area contributed by atoms with Crippen molar-refractivity contribution in [3.8, 4) is 11.8 Å². The molecule has 1 aromatic rings. The molecule has 0 heterocycles. The molecule has 0 bridgehead atoms. The summed E-state index contributed by atoms with van der Waals surface area (Å²) in [4.78, 5) is 0. The lowest BCUT2D eigenvalue weighted by atomic mass is 9.89. The zero-order valence-electron chi connectivity index (χ0n) is 12.1. The van der Waals surface area contributed by atoms with E-state index in [2.05, 4.69) is 6.07 Å². The van der Waals surface area contributed by atoms with Crippen molar-refractivity contribution < 1.29 is 4.74 Å². The van der Waals surface area contributed by atoms with E-state index in [4.69, 9.17) is 15.7 Å². The third kappa shape index (κ3) is 5.76.